The molecule has 1 atom stereocenters. The highest BCUT2D eigenvalue weighted by atomic mass is 16.2. The fourth-order valence-electron chi connectivity index (χ4n) is 2.64. The first kappa shape index (κ1) is 11.0. The summed E-state index contributed by atoms with van der Waals surface area (Å²) in [5, 5.41) is 2.97. The molecule has 0 radical (unpaired) electrons. The van der Waals surface area contributed by atoms with Gasteiger partial charge in [-0.2, -0.15) is 0 Å². The molecule has 1 aliphatic rings. The largest absolute Gasteiger partial charge is 0.325 e. The van der Waals surface area contributed by atoms with Crippen molar-refractivity contribution in [3.8, 4) is 0 Å². The molecule has 1 unspecified atom stereocenters. The molecule has 2 aromatic rings. The zero-order chi connectivity index (χ0) is 12.6. The molecule has 2 aromatic carbocycles. The SMILES string of the molecule is CC1(Cc2ccccc2)C(=O)Nc2ccccc21. The lowest BCUT2D eigenvalue weighted by Crippen LogP contribution is -2.33. The van der Waals surface area contributed by atoms with Crippen molar-refractivity contribution in [3.63, 3.8) is 0 Å². The van der Waals surface area contributed by atoms with Crippen LogP contribution in [-0.2, 0) is 16.6 Å². The second-order valence-corrected chi connectivity index (χ2v) is 4.99. The van der Waals surface area contributed by atoms with Crippen molar-refractivity contribution in [2.75, 3.05) is 5.32 Å². The third-order valence-corrected chi connectivity index (χ3v) is 3.67. The number of rotatable bonds is 2. The first-order chi connectivity index (χ1) is 8.70. The van der Waals surface area contributed by atoms with Crippen molar-refractivity contribution in [2.45, 2.75) is 18.8 Å². The predicted octanol–water partition coefficient (Wildman–Crippen LogP) is 3.14. The Morgan fingerprint density at radius 3 is 2.44 bits per heavy atom. The molecule has 0 aliphatic carbocycles. The molecule has 1 N–H and O–H groups in total. The molecule has 0 aromatic heterocycles. The van der Waals surface area contributed by atoms with Gasteiger partial charge in [0.05, 0.1) is 5.41 Å². The van der Waals surface area contributed by atoms with Gasteiger partial charge in [-0.1, -0.05) is 48.5 Å². The molecule has 90 valence electrons. The zero-order valence-corrected chi connectivity index (χ0v) is 10.3. The molecule has 2 heteroatoms. The van der Waals surface area contributed by atoms with Crippen molar-refractivity contribution >= 4 is 11.6 Å². The molecule has 0 saturated carbocycles. The van der Waals surface area contributed by atoms with Crippen LogP contribution < -0.4 is 5.32 Å². The van der Waals surface area contributed by atoms with Gasteiger partial charge in [-0.25, -0.2) is 0 Å². The number of fused-ring (bicyclic) bond motifs is 1. The number of benzene rings is 2. The summed E-state index contributed by atoms with van der Waals surface area (Å²) in [6, 6.07) is 18.1. The highest BCUT2D eigenvalue weighted by Gasteiger charge is 2.42. The van der Waals surface area contributed by atoms with E-state index in [0.29, 0.717) is 0 Å². The van der Waals surface area contributed by atoms with Crippen molar-refractivity contribution in [1.29, 1.82) is 0 Å². The molecule has 2 nitrogen and oxygen atoms in total. The van der Waals surface area contributed by atoms with Gasteiger partial charge < -0.3 is 5.32 Å². The molecule has 18 heavy (non-hydrogen) atoms. The van der Waals surface area contributed by atoms with Crippen LogP contribution in [0.25, 0.3) is 0 Å². The van der Waals surface area contributed by atoms with Crippen molar-refractivity contribution < 1.29 is 4.79 Å². The van der Waals surface area contributed by atoms with Gasteiger partial charge in [0.2, 0.25) is 5.91 Å². The van der Waals surface area contributed by atoms with Gasteiger partial charge >= 0.3 is 0 Å². The van der Waals surface area contributed by atoms with E-state index in [9.17, 15) is 4.79 Å². The molecule has 1 aliphatic heterocycles. The highest BCUT2D eigenvalue weighted by molar-refractivity contribution is 6.06. The quantitative estimate of drug-likeness (QED) is 0.854. The van der Waals surface area contributed by atoms with Gasteiger partial charge in [-0.15, -0.1) is 0 Å². The Morgan fingerprint density at radius 2 is 1.67 bits per heavy atom. The van der Waals surface area contributed by atoms with Crippen LogP contribution in [0.5, 0.6) is 0 Å². The topological polar surface area (TPSA) is 29.1 Å². The zero-order valence-electron chi connectivity index (χ0n) is 10.3. The van der Waals surface area contributed by atoms with E-state index in [1.807, 2.05) is 49.4 Å². The van der Waals surface area contributed by atoms with Crippen molar-refractivity contribution in [1.82, 2.24) is 0 Å². The molecule has 1 amide bonds. The molecule has 0 bridgehead atoms. The second kappa shape index (κ2) is 3.98. The molecular weight excluding hydrogens is 222 g/mol. The molecule has 0 fully saturated rings. The average Bonchev–Trinajstić information content (AvgIpc) is 2.63. The smallest absolute Gasteiger partial charge is 0.235 e. The standard InChI is InChI=1S/C16H15NO/c1-16(11-12-7-3-2-4-8-12)13-9-5-6-10-14(13)17-15(16)18/h2-10H,11H2,1H3,(H,17,18). The third-order valence-electron chi connectivity index (χ3n) is 3.67. The van der Waals surface area contributed by atoms with Gasteiger partial charge in [-0.05, 0) is 30.5 Å². The van der Waals surface area contributed by atoms with E-state index in [2.05, 4.69) is 17.4 Å². The monoisotopic (exact) mass is 237 g/mol. The molecule has 1 heterocycles. The normalized spacial score (nSPS) is 21.5. The van der Waals surface area contributed by atoms with Crippen LogP contribution in [-0.4, -0.2) is 5.91 Å². The number of anilines is 1. The average molecular weight is 237 g/mol. The summed E-state index contributed by atoms with van der Waals surface area (Å²) in [7, 11) is 0. The predicted molar refractivity (Wildman–Crippen MR) is 72.6 cm³/mol. The van der Waals surface area contributed by atoms with E-state index < -0.39 is 5.41 Å². The summed E-state index contributed by atoms with van der Waals surface area (Å²) < 4.78 is 0. The van der Waals surface area contributed by atoms with Crippen LogP contribution in [0.1, 0.15) is 18.1 Å². The van der Waals surface area contributed by atoms with E-state index in [4.69, 9.17) is 0 Å². The minimum absolute atomic E-state index is 0.0903. The number of amides is 1. The summed E-state index contributed by atoms with van der Waals surface area (Å²) in [5.41, 5.74) is 2.77. The summed E-state index contributed by atoms with van der Waals surface area (Å²) in [6.45, 7) is 2.02. The van der Waals surface area contributed by atoms with Gasteiger partial charge in [0.15, 0.2) is 0 Å². The maximum atomic E-state index is 12.2. The van der Waals surface area contributed by atoms with Crippen molar-refractivity contribution in [3.05, 3.63) is 65.7 Å². The maximum Gasteiger partial charge on any atom is 0.235 e. The first-order valence-corrected chi connectivity index (χ1v) is 6.15. The van der Waals surface area contributed by atoms with Gasteiger partial charge in [-0.3, -0.25) is 4.79 Å². The van der Waals surface area contributed by atoms with Crippen LogP contribution in [0, 0.1) is 0 Å². The lowest BCUT2D eigenvalue weighted by atomic mass is 9.78. The molecular formula is C16H15NO. The maximum absolute atomic E-state index is 12.2. The van der Waals surface area contributed by atoms with Gasteiger partial charge in [0, 0.05) is 5.69 Å². The summed E-state index contributed by atoms with van der Waals surface area (Å²) >= 11 is 0. The minimum atomic E-state index is -0.460. The van der Waals surface area contributed by atoms with Gasteiger partial charge in [0.1, 0.15) is 0 Å². The lowest BCUT2D eigenvalue weighted by Gasteiger charge is -2.22. The summed E-state index contributed by atoms with van der Waals surface area (Å²) in [4.78, 5) is 12.2. The summed E-state index contributed by atoms with van der Waals surface area (Å²) in [6.07, 6.45) is 0.733. The Bertz CT molecular complexity index is 591. The van der Waals surface area contributed by atoms with E-state index in [-0.39, 0.29) is 5.91 Å². The number of carbonyl (C=O) groups is 1. The van der Waals surface area contributed by atoms with E-state index in [1.54, 1.807) is 0 Å². The number of hydrogen-bond acceptors (Lipinski definition) is 1. The minimum Gasteiger partial charge on any atom is -0.325 e. The Labute approximate surface area is 107 Å². The Hall–Kier alpha value is -2.09. The van der Waals surface area contributed by atoms with Crippen LogP contribution in [0.15, 0.2) is 54.6 Å². The highest BCUT2D eigenvalue weighted by Crippen LogP contribution is 2.39. The lowest BCUT2D eigenvalue weighted by molar-refractivity contribution is -0.120. The van der Waals surface area contributed by atoms with Gasteiger partial charge in [0.25, 0.3) is 0 Å². The van der Waals surface area contributed by atoms with Crippen molar-refractivity contribution in [2.24, 2.45) is 0 Å². The Morgan fingerprint density at radius 1 is 1.00 bits per heavy atom. The van der Waals surface area contributed by atoms with E-state index >= 15 is 0 Å². The molecule has 0 spiro atoms. The van der Waals surface area contributed by atoms with Crippen LogP contribution in [0.3, 0.4) is 0 Å². The fraction of sp³-hybridized carbons (Fsp3) is 0.188. The number of hydrogen-bond donors (Lipinski definition) is 1. The van der Waals surface area contributed by atoms with E-state index in [1.165, 1.54) is 5.56 Å². The first-order valence-electron chi connectivity index (χ1n) is 6.15. The second-order valence-electron chi connectivity index (χ2n) is 4.99. The number of carbonyl (C=O) groups excluding carboxylic acids is 1. The van der Waals surface area contributed by atoms with Crippen LogP contribution >= 0.6 is 0 Å². The molecule has 0 saturated heterocycles. The Balaban J connectivity index is 2.02. The third kappa shape index (κ3) is 1.61. The fourth-order valence-corrected chi connectivity index (χ4v) is 2.64. The molecule has 3 rings (SSSR count). The number of nitrogens with one attached hydrogen (secondary N) is 1. The van der Waals surface area contributed by atoms with Crippen LogP contribution in [0.2, 0.25) is 0 Å². The Kier molecular flexibility index (Phi) is 2.44. The van der Waals surface area contributed by atoms with E-state index in [0.717, 1.165) is 17.7 Å². The summed E-state index contributed by atoms with van der Waals surface area (Å²) in [5.74, 6) is 0.0903. The van der Waals surface area contributed by atoms with Crippen LogP contribution in [0.4, 0.5) is 5.69 Å². The number of para-hydroxylation sites is 1.